The minimum absolute atomic E-state index is 0.406. The highest BCUT2D eigenvalue weighted by atomic mass is 35.5. The first-order valence-electron chi connectivity index (χ1n) is 7.12. The van der Waals surface area contributed by atoms with Gasteiger partial charge in [0.25, 0.3) is 0 Å². The molecule has 0 radical (unpaired) electrons. The van der Waals surface area contributed by atoms with Gasteiger partial charge in [-0.1, -0.05) is 23.7 Å². The van der Waals surface area contributed by atoms with Gasteiger partial charge >= 0.3 is 0 Å². The van der Waals surface area contributed by atoms with E-state index in [1.165, 1.54) is 0 Å². The van der Waals surface area contributed by atoms with E-state index in [0.29, 0.717) is 17.1 Å². The minimum Gasteiger partial charge on any atom is -0.497 e. The molecule has 0 spiro atoms. The third kappa shape index (κ3) is 3.43. The van der Waals surface area contributed by atoms with Gasteiger partial charge in [-0.25, -0.2) is 4.68 Å². The molecule has 1 heterocycles. The molecular formula is C18H15ClN2O2. The van der Waals surface area contributed by atoms with Gasteiger partial charge in [0.15, 0.2) is 6.29 Å². The van der Waals surface area contributed by atoms with E-state index in [-0.39, 0.29) is 0 Å². The Kier molecular flexibility index (Phi) is 4.44. The number of aromatic nitrogens is 2. The van der Waals surface area contributed by atoms with Crippen LogP contribution in [0.3, 0.4) is 0 Å². The van der Waals surface area contributed by atoms with E-state index in [4.69, 9.17) is 16.3 Å². The molecular weight excluding hydrogens is 312 g/mol. The molecule has 0 amide bonds. The lowest BCUT2D eigenvalue weighted by atomic mass is 10.1. The van der Waals surface area contributed by atoms with Crippen molar-refractivity contribution in [3.8, 4) is 11.4 Å². The Morgan fingerprint density at radius 3 is 2.43 bits per heavy atom. The summed E-state index contributed by atoms with van der Waals surface area (Å²) in [5, 5.41) is 5.00. The Morgan fingerprint density at radius 1 is 1.13 bits per heavy atom. The van der Waals surface area contributed by atoms with Crippen LogP contribution in [0.5, 0.6) is 5.75 Å². The van der Waals surface area contributed by atoms with Gasteiger partial charge in [0.1, 0.15) is 11.4 Å². The van der Waals surface area contributed by atoms with Crippen molar-refractivity contribution in [2.75, 3.05) is 7.11 Å². The highest BCUT2D eigenvalue weighted by Gasteiger charge is 2.10. The van der Waals surface area contributed by atoms with Crippen molar-refractivity contribution in [3.05, 3.63) is 76.6 Å². The Hall–Kier alpha value is -2.59. The second kappa shape index (κ2) is 6.67. The summed E-state index contributed by atoms with van der Waals surface area (Å²) in [6.07, 6.45) is 1.41. The molecule has 23 heavy (non-hydrogen) atoms. The first-order chi connectivity index (χ1) is 11.2. The molecule has 0 saturated heterocycles. The number of ether oxygens (including phenoxy) is 1. The van der Waals surface area contributed by atoms with Crippen LogP contribution in [-0.4, -0.2) is 23.2 Å². The summed E-state index contributed by atoms with van der Waals surface area (Å²) >= 11 is 5.93. The van der Waals surface area contributed by atoms with Gasteiger partial charge < -0.3 is 4.74 Å². The van der Waals surface area contributed by atoms with E-state index in [2.05, 4.69) is 5.10 Å². The SMILES string of the molecule is COc1ccc(Cc2cc(C=O)nn2-c2ccc(Cl)cc2)cc1. The van der Waals surface area contributed by atoms with Gasteiger partial charge in [-0.2, -0.15) is 5.10 Å². The van der Waals surface area contributed by atoms with Crippen LogP contribution in [0, 0.1) is 0 Å². The second-order valence-corrected chi connectivity index (χ2v) is 5.53. The fraction of sp³-hybridized carbons (Fsp3) is 0.111. The van der Waals surface area contributed by atoms with Crippen molar-refractivity contribution in [1.29, 1.82) is 0 Å². The predicted octanol–water partition coefficient (Wildman–Crippen LogP) is 3.94. The number of benzene rings is 2. The third-order valence-electron chi connectivity index (χ3n) is 3.54. The number of carbonyl (C=O) groups excluding carboxylic acids is 1. The maximum absolute atomic E-state index is 11.1. The zero-order chi connectivity index (χ0) is 16.2. The Bertz CT molecular complexity index is 808. The zero-order valence-corrected chi connectivity index (χ0v) is 13.3. The Labute approximate surface area is 139 Å². The van der Waals surface area contributed by atoms with Gasteiger partial charge in [-0.15, -0.1) is 0 Å². The maximum Gasteiger partial charge on any atom is 0.170 e. The number of halogens is 1. The van der Waals surface area contributed by atoms with Crippen molar-refractivity contribution in [1.82, 2.24) is 9.78 Å². The lowest BCUT2D eigenvalue weighted by Crippen LogP contribution is -2.03. The molecule has 0 atom stereocenters. The van der Waals surface area contributed by atoms with Crippen LogP contribution in [-0.2, 0) is 6.42 Å². The molecule has 0 fully saturated rings. The molecule has 0 unspecified atom stereocenters. The number of nitrogens with zero attached hydrogens (tertiary/aromatic N) is 2. The highest BCUT2D eigenvalue weighted by Crippen LogP contribution is 2.19. The van der Waals surface area contributed by atoms with E-state index in [1.54, 1.807) is 30.0 Å². The standard InChI is InChI=1S/C18H15ClN2O2/c1-23-18-8-2-13(3-9-18)10-17-11-15(12-22)20-21(17)16-6-4-14(19)5-7-16/h2-9,11-12H,10H2,1H3. The van der Waals surface area contributed by atoms with E-state index < -0.39 is 0 Å². The van der Waals surface area contributed by atoms with Gasteiger partial charge in [0.05, 0.1) is 12.8 Å². The average Bonchev–Trinajstić information content (AvgIpc) is 2.99. The fourth-order valence-corrected chi connectivity index (χ4v) is 2.51. The molecule has 0 bridgehead atoms. The maximum atomic E-state index is 11.1. The van der Waals surface area contributed by atoms with Crippen molar-refractivity contribution < 1.29 is 9.53 Å². The molecule has 0 saturated carbocycles. The van der Waals surface area contributed by atoms with Gasteiger partial charge in [0, 0.05) is 17.1 Å². The molecule has 0 aliphatic carbocycles. The topological polar surface area (TPSA) is 44.1 Å². The molecule has 1 aromatic heterocycles. The Balaban J connectivity index is 1.95. The van der Waals surface area contributed by atoms with Crippen LogP contribution >= 0.6 is 11.6 Å². The number of aldehydes is 1. The number of hydrogen-bond donors (Lipinski definition) is 0. The number of hydrogen-bond acceptors (Lipinski definition) is 3. The summed E-state index contributed by atoms with van der Waals surface area (Å²) in [4.78, 5) is 11.1. The van der Waals surface area contributed by atoms with Crippen LogP contribution in [0.2, 0.25) is 5.02 Å². The van der Waals surface area contributed by atoms with Crippen LogP contribution in [0.1, 0.15) is 21.7 Å². The predicted molar refractivity (Wildman–Crippen MR) is 89.8 cm³/mol. The van der Waals surface area contributed by atoms with E-state index in [0.717, 1.165) is 29.0 Å². The van der Waals surface area contributed by atoms with Crippen LogP contribution in [0.15, 0.2) is 54.6 Å². The minimum atomic E-state index is 0.406. The average molecular weight is 327 g/mol. The zero-order valence-electron chi connectivity index (χ0n) is 12.6. The van der Waals surface area contributed by atoms with Crippen LogP contribution in [0.4, 0.5) is 0 Å². The van der Waals surface area contributed by atoms with Crippen LogP contribution in [0.25, 0.3) is 5.69 Å². The lowest BCUT2D eigenvalue weighted by Gasteiger charge is -2.08. The first-order valence-corrected chi connectivity index (χ1v) is 7.50. The molecule has 4 nitrogen and oxygen atoms in total. The first kappa shape index (κ1) is 15.3. The molecule has 116 valence electrons. The van der Waals surface area contributed by atoms with Crippen molar-refractivity contribution in [3.63, 3.8) is 0 Å². The molecule has 0 aliphatic heterocycles. The largest absolute Gasteiger partial charge is 0.497 e. The number of methoxy groups -OCH3 is 1. The summed E-state index contributed by atoms with van der Waals surface area (Å²) in [5.74, 6) is 0.813. The van der Waals surface area contributed by atoms with E-state index in [1.807, 2.05) is 36.4 Å². The lowest BCUT2D eigenvalue weighted by molar-refractivity contribution is 0.111. The Morgan fingerprint density at radius 2 is 1.83 bits per heavy atom. The quantitative estimate of drug-likeness (QED) is 0.667. The number of carbonyl (C=O) groups is 1. The number of rotatable bonds is 5. The van der Waals surface area contributed by atoms with E-state index in [9.17, 15) is 4.79 Å². The summed E-state index contributed by atoms with van der Waals surface area (Å²) in [6, 6.07) is 17.0. The smallest absolute Gasteiger partial charge is 0.170 e. The summed E-state index contributed by atoms with van der Waals surface area (Å²) < 4.78 is 6.94. The fourth-order valence-electron chi connectivity index (χ4n) is 2.38. The monoisotopic (exact) mass is 326 g/mol. The van der Waals surface area contributed by atoms with E-state index >= 15 is 0 Å². The van der Waals surface area contributed by atoms with Gasteiger partial charge in [-0.3, -0.25) is 4.79 Å². The van der Waals surface area contributed by atoms with Gasteiger partial charge in [0.2, 0.25) is 0 Å². The van der Waals surface area contributed by atoms with Crippen molar-refractivity contribution in [2.24, 2.45) is 0 Å². The highest BCUT2D eigenvalue weighted by molar-refractivity contribution is 6.30. The van der Waals surface area contributed by atoms with Crippen molar-refractivity contribution in [2.45, 2.75) is 6.42 Å². The molecule has 0 N–H and O–H groups in total. The van der Waals surface area contributed by atoms with Crippen LogP contribution < -0.4 is 4.74 Å². The molecule has 2 aromatic carbocycles. The molecule has 3 rings (SSSR count). The summed E-state index contributed by atoms with van der Waals surface area (Å²) in [6.45, 7) is 0. The summed E-state index contributed by atoms with van der Waals surface area (Å²) in [7, 11) is 1.64. The molecule has 0 aliphatic rings. The summed E-state index contributed by atoms with van der Waals surface area (Å²) in [5.41, 5.74) is 3.31. The third-order valence-corrected chi connectivity index (χ3v) is 3.79. The van der Waals surface area contributed by atoms with Gasteiger partial charge in [-0.05, 0) is 48.0 Å². The molecule has 5 heteroatoms. The second-order valence-electron chi connectivity index (χ2n) is 5.09. The van der Waals surface area contributed by atoms with Crippen molar-refractivity contribution >= 4 is 17.9 Å². The normalized spacial score (nSPS) is 10.5. The molecule has 3 aromatic rings.